The molecule has 0 bridgehead atoms. The molecule has 0 N–H and O–H groups in total. The lowest BCUT2D eigenvalue weighted by atomic mass is 10.1. The van der Waals surface area contributed by atoms with Gasteiger partial charge >= 0.3 is 0 Å². The molecule has 8 aromatic carbocycles. The quantitative estimate of drug-likeness (QED) is 0.180. The third-order valence-corrected chi connectivity index (χ3v) is 11.7. The fraction of sp³-hybridized carbons (Fsp3) is 0. The Morgan fingerprint density at radius 1 is 0.310 bits per heavy atom. The molecule has 0 aliphatic heterocycles. The van der Waals surface area contributed by atoms with Crippen LogP contribution < -0.4 is 0 Å². The summed E-state index contributed by atoms with van der Waals surface area (Å²) in [5.41, 5.74) is 9.64. The fourth-order valence-corrected chi connectivity index (χ4v) is 9.26. The number of rotatable bonds is 4. The molecule has 0 fully saturated rings. The predicted octanol–water partition coefficient (Wildman–Crippen LogP) is 12.7. The first-order valence-corrected chi connectivity index (χ1v) is 19.5. The standard InChI is InChI=1S/C51H30N6O/c1-8-22-40-31(15-1)32-16-2-9-23-41(32)55(40)46-30-48-38(37-21-7-14-28-47(37)58-48)29-39(46)49-52-50(56-42-24-10-3-17-33(42)34-18-4-11-25-43(34)56)54-51(53-49)57-44-26-12-5-19-35(44)36-20-6-13-27-45(36)57/h1-30H. The number of para-hydroxylation sites is 7. The van der Waals surface area contributed by atoms with Crippen LogP contribution in [0, 0.1) is 0 Å². The number of aromatic nitrogens is 6. The molecule has 13 aromatic rings. The normalized spacial score (nSPS) is 12.1. The van der Waals surface area contributed by atoms with Crippen molar-refractivity contribution in [1.29, 1.82) is 0 Å². The van der Waals surface area contributed by atoms with Crippen LogP contribution in [0.1, 0.15) is 0 Å². The summed E-state index contributed by atoms with van der Waals surface area (Å²) in [5, 5.41) is 8.90. The molecule has 5 heterocycles. The second-order valence-corrected chi connectivity index (χ2v) is 14.8. The highest BCUT2D eigenvalue weighted by molar-refractivity contribution is 6.13. The van der Waals surface area contributed by atoms with Crippen LogP contribution in [0.15, 0.2) is 186 Å². The molecular formula is C51H30N6O. The highest BCUT2D eigenvalue weighted by Gasteiger charge is 2.24. The Labute approximate surface area is 330 Å². The third-order valence-electron chi connectivity index (χ3n) is 11.7. The molecule has 0 saturated carbocycles. The summed E-state index contributed by atoms with van der Waals surface area (Å²) >= 11 is 0. The Kier molecular flexibility index (Phi) is 6.32. The maximum Gasteiger partial charge on any atom is 0.240 e. The molecule has 0 radical (unpaired) electrons. The second kappa shape index (κ2) is 11.7. The predicted molar refractivity (Wildman–Crippen MR) is 236 cm³/mol. The van der Waals surface area contributed by atoms with Gasteiger partial charge in [-0.3, -0.25) is 9.13 Å². The summed E-state index contributed by atoms with van der Waals surface area (Å²) in [6.07, 6.45) is 0. The molecule has 13 rings (SSSR count). The van der Waals surface area contributed by atoms with Crippen molar-refractivity contribution < 1.29 is 4.42 Å². The van der Waals surface area contributed by atoms with Crippen molar-refractivity contribution in [2.24, 2.45) is 0 Å². The van der Waals surface area contributed by atoms with E-state index in [1.165, 1.54) is 10.8 Å². The van der Waals surface area contributed by atoms with Gasteiger partial charge in [0.15, 0.2) is 5.82 Å². The van der Waals surface area contributed by atoms with E-state index in [1.54, 1.807) is 0 Å². The topological polar surface area (TPSA) is 66.6 Å². The Morgan fingerprint density at radius 3 is 1.10 bits per heavy atom. The number of hydrogen-bond acceptors (Lipinski definition) is 4. The summed E-state index contributed by atoms with van der Waals surface area (Å²) in [5.74, 6) is 1.61. The number of benzene rings is 8. The highest BCUT2D eigenvalue weighted by atomic mass is 16.3. The van der Waals surface area contributed by atoms with Crippen LogP contribution in [-0.2, 0) is 0 Å². The van der Waals surface area contributed by atoms with Crippen molar-refractivity contribution in [1.82, 2.24) is 28.7 Å². The Hall–Kier alpha value is -8.03. The van der Waals surface area contributed by atoms with Gasteiger partial charge in [-0.05, 0) is 48.5 Å². The van der Waals surface area contributed by atoms with Crippen molar-refractivity contribution in [3.05, 3.63) is 182 Å². The van der Waals surface area contributed by atoms with E-state index in [0.29, 0.717) is 17.7 Å². The van der Waals surface area contributed by atoms with Crippen LogP contribution in [0.5, 0.6) is 0 Å². The van der Waals surface area contributed by atoms with Crippen LogP contribution in [0.25, 0.3) is 116 Å². The van der Waals surface area contributed by atoms with Gasteiger partial charge in [0.1, 0.15) is 11.2 Å². The molecule has 0 spiro atoms. The minimum Gasteiger partial charge on any atom is -0.456 e. The summed E-state index contributed by atoms with van der Waals surface area (Å²) < 4.78 is 13.3. The minimum absolute atomic E-state index is 0.532. The number of furan rings is 1. The molecule has 7 nitrogen and oxygen atoms in total. The fourth-order valence-electron chi connectivity index (χ4n) is 9.26. The molecule has 58 heavy (non-hydrogen) atoms. The summed E-state index contributed by atoms with van der Waals surface area (Å²) in [7, 11) is 0. The van der Waals surface area contributed by atoms with Crippen molar-refractivity contribution in [3.63, 3.8) is 0 Å². The first-order chi connectivity index (χ1) is 28.8. The van der Waals surface area contributed by atoms with E-state index in [4.69, 9.17) is 19.4 Å². The van der Waals surface area contributed by atoms with Gasteiger partial charge in [0, 0.05) is 54.7 Å². The first-order valence-electron chi connectivity index (χ1n) is 19.5. The molecule has 0 aliphatic rings. The van der Waals surface area contributed by atoms with Crippen LogP contribution >= 0.6 is 0 Å². The van der Waals surface area contributed by atoms with Gasteiger partial charge in [0.2, 0.25) is 11.9 Å². The van der Waals surface area contributed by atoms with Gasteiger partial charge in [0.05, 0.1) is 38.8 Å². The monoisotopic (exact) mass is 742 g/mol. The molecular weight excluding hydrogens is 713 g/mol. The van der Waals surface area contributed by atoms with Crippen LogP contribution in [0.3, 0.4) is 0 Å². The van der Waals surface area contributed by atoms with Crippen molar-refractivity contribution in [3.8, 4) is 29.0 Å². The molecule has 0 unspecified atom stereocenters. The van der Waals surface area contributed by atoms with Crippen LogP contribution in [0.4, 0.5) is 0 Å². The van der Waals surface area contributed by atoms with Crippen molar-refractivity contribution in [2.45, 2.75) is 0 Å². The third kappa shape index (κ3) is 4.30. The summed E-state index contributed by atoms with van der Waals surface area (Å²) in [6, 6.07) is 63.6. The van der Waals surface area contributed by atoms with Crippen LogP contribution in [0.2, 0.25) is 0 Å². The van der Waals surface area contributed by atoms with Gasteiger partial charge in [-0.1, -0.05) is 127 Å². The van der Waals surface area contributed by atoms with E-state index in [1.807, 2.05) is 12.1 Å². The largest absolute Gasteiger partial charge is 0.456 e. The zero-order valence-corrected chi connectivity index (χ0v) is 30.9. The molecule has 0 amide bonds. The zero-order valence-electron chi connectivity index (χ0n) is 30.9. The summed E-state index contributed by atoms with van der Waals surface area (Å²) in [4.78, 5) is 16.4. The molecule has 7 heteroatoms. The van der Waals surface area contributed by atoms with Gasteiger partial charge in [-0.15, -0.1) is 0 Å². The highest BCUT2D eigenvalue weighted by Crippen LogP contribution is 2.41. The molecule has 270 valence electrons. The average molecular weight is 743 g/mol. The van der Waals surface area contributed by atoms with Gasteiger partial charge in [-0.2, -0.15) is 15.0 Å². The van der Waals surface area contributed by atoms with E-state index in [9.17, 15) is 0 Å². The Balaban J connectivity index is 1.21. The van der Waals surface area contributed by atoms with Crippen molar-refractivity contribution in [2.75, 3.05) is 0 Å². The van der Waals surface area contributed by atoms with Crippen molar-refractivity contribution >= 4 is 87.4 Å². The number of fused-ring (bicyclic) bond motifs is 12. The van der Waals surface area contributed by atoms with E-state index < -0.39 is 0 Å². The van der Waals surface area contributed by atoms with E-state index in [0.717, 1.165) is 87.8 Å². The Morgan fingerprint density at radius 2 is 0.672 bits per heavy atom. The lowest BCUT2D eigenvalue weighted by Gasteiger charge is -2.16. The lowest BCUT2D eigenvalue weighted by molar-refractivity contribution is 0.668. The number of hydrogen-bond donors (Lipinski definition) is 0. The van der Waals surface area contributed by atoms with E-state index in [-0.39, 0.29) is 0 Å². The maximum atomic E-state index is 6.59. The molecule has 0 aliphatic carbocycles. The zero-order chi connectivity index (χ0) is 37.9. The number of nitrogens with zero attached hydrogens (tertiary/aromatic N) is 6. The average Bonchev–Trinajstić information content (AvgIpc) is 4.02. The minimum atomic E-state index is 0.532. The van der Waals surface area contributed by atoms with E-state index >= 15 is 0 Å². The molecule has 0 atom stereocenters. The first kappa shape index (κ1) is 31.2. The van der Waals surface area contributed by atoms with Gasteiger partial charge in [-0.25, -0.2) is 0 Å². The van der Waals surface area contributed by atoms with Crippen LogP contribution in [-0.4, -0.2) is 28.7 Å². The smallest absolute Gasteiger partial charge is 0.240 e. The SMILES string of the molecule is c1ccc2c(c1)oc1cc(-n3c4ccccc4c4ccccc43)c(-c3nc(-n4c5ccccc5c5ccccc54)nc(-n4c5ccccc5c5ccccc54)n3)cc12. The van der Waals surface area contributed by atoms with Gasteiger partial charge < -0.3 is 8.98 Å². The molecule has 0 saturated heterocycles. The van der Waals surface area contributed by atoms with Gasteiger partial charge in [0.25, 0.3) is 0 Å². The van der Waals surface area contributed by atoms with E-state index in [2.05, 4.69) is 184 Å². The second-order valence-electron chi connectivity index (χ2n) is 14.8. The maximum absolute atomic E-state index is 6.59. The molecule has 5 aromatic heterocycles. The lowest BCUT2D eigenvalue weighted by Crippen LogP contribution is -2.11. The Bertz CT molecular complexity index is 3530. The summed E-state index contributed by atoms with van der Waals surface area (Å²) in [6.45, 7) is 0.